The van der Waals surface area contributed by atoms with Gasteiger partial charge in [0.1, 0.15) is 6.61 Å². The number of nitrogens with zero attached hydrogens (tertiary/aromatic N) is 1. The van der Waals surface area contributed by atoms with E-state index in [9.17, 15) is 9.59 Å². The van der Waals surface area contributed by atoms with Crippen molar-refractivity contribution in [1.29, 1.82) is 0 Å². The quantitative estimate of drug-likeness (QED) is 0.318. The lowest BCUT2D eigenvalue weighted by molar-refractivity contribution is -0.136. The summed E-state index contributed by atoms with van der Waals surface area (Å²) in [7, 11) is 1.53. The fourth-order valence-electron chi connectivity index (χ4n) is 2.73. The molecule has 0 aliphatic rings. The molecule has 0 radical (unpaired) electrons. The van der Waals surface area contributed by atoms with E-state index < -0.39 is 11.8 Å². The zero-order valence-electron chi connectivity index (χ0n) is 17.6. The number of halogens is 1. The first-order chi connectivity index (χ1) is 15.5. The van der Waals surface area contributed by atoms with E-state index in [1.165, 1.54) is 13.3 Å². The molecule has 0 heterocycles. The number of carbonyl (C=O) groups is 2. The second-order valence-corrected chi connectivity index (χ2v) is 7.23. The normalized spacial score (nSPS) is 10.6. The average Bonchev–Trinajstić information content (AvgIpc) is 2.80. The van der Waals surface area contributed by atoms with Crippen molar-refractivity contribution in [2.45, 2.75) is 13.5 Å². The van der Waals surface area contributed by atoms with E-state index in [-0.39, 0.29) is 0 Å². The number of aryl methyl sites for hydroxylation is 1. The first kappa shape index (κ1) is 22.8. The number of para-hydroxylation sites is 1. The maximum atomic E-state index is 12.0. The number of methoxy groups -OCH3 is 1. The van der Waals surface area contributed by atoms with E-state index in [1.54, 1.807) is 42.5 Å². The molecular weight excluding hydrogens is 430 g/mol. The third kappa shape index (κ3) is 6.33. The maximum Gasteiger partial charge on any atom is 0.329 e. The van der Waals surface area contributed by atoms with Crippen LogP contribution in [0.3, 0.4) is 0 Å². The lowest BCUT2D eigenvalue weighted by atomic mass is 10.2. The van der Waals surface area contributed by atoms with Gasteiger partial charge >= 0.3 is 11.8 Å². The minimum atomic E-state index is -0.876. The van der Waals surface area contributed by atoms with Crippen LogP contribution >= 0.6 is 11.6 Å². The molecule has 2 N–H and O–H groups in total. The number of hydrogen-bond acceptors (Lipinski definition) is 5. The van der Waals surface area contributed by atoms with Crippen molar-refractivity contribution >= 4 is 35.3 Å². The van der Waals surface area contributed by atoms with Crippen molar-refractivity contribution in [3.63, 3.8) is 0 Å². The summed E-state index contributed by atoms with van der Waals surface area (Å²) in [4.78, 5) is 24.0. The average molecular weight is 452 g/mol. The summed E-state index contributed by atoms with van der Waals surface area (Å²) in [5, 5.41) is 7.05. The molecule has 164 valence electrons. The molecular formula is C24H22ClN3O4. The van der Waals surface area contributed by atoms with Crippen molar-refractivity contribution in [2.24, 2.45) is 5.10 Å². The minimum absolute atomic E-state index is 0.354. The SMILES string of the molecule is COc1cc(/C=N/NC(=O)C(=O)Nc2ccccc2C)ccc1OCc1ccc(Cl)cc1. The number of amides is 2. The van der Waals surface area contributed by atoms with Crippen LogP contribution in [0.2, 0.25) is 5.02 Å². The van der Waals surface area contributed by atoms with Gasteiger partial charge < -0.3 is 14.8 Å². The Labute approximate surface area is 191 Å². The smallest absolute Gasteiger partial charge is 0.329 e. The van der Waals surface area contributed by atoms with Crippen LogP contribution in [0.25, 0.3) is 0 Å². The van der Waals surface area contributed by atoms with Crippen molar-refractivity contribution in [3.8, 4) is 11.5 Å². The number of carbonyl (C=O) groups excluding carboxylic acids is 2. The van der Waals surface area contributed by atoms with Gasteiger partial charge in [0, 0.05) is 10.7 Å². The lowest BCUT2D eigenvalue weighted by Crippen LogP contribution is -2.32. The molecule has 0 unspecified atom stereocenters. The van der Waals surface area contributed by atoms with Gasteiger partial charge in [0.25, 0.3) is 0 Å². The Bertz CT molecular complexity index is 1130. The molecule has 3 rings (SSSR count). The molecule has 0 aliphatic carbocycles. The highest BCUT2D eigenvalue weighted by Crippen LogP contribution is 2.28. The van der Waals surface area contributed by atoms with Crippen LogP contribution in [0.1, 0.15) is 16.7 Å². The highest BCUT2D eigenvalue weighted by molar-refractivity contribution is 6.39. The van der Waals surface area contributed by atoms with E-state index in [4.69, 9.17) is 21.1 Å². The molecule has 0 atom stereocenters. The molecule has 3 aromatic rings. The topological polar surface area (TPSA) is 89.0 Å². The van der Waals surface area contributed by atoms with Gasteiger partial charge in [0.2, 0.25) is 0 Å². The summed E-state index contributed by atoms with van der Waals surface area (Å²) in [5.41, 5.74) is 5.24. The summed E-state index contributed by atoms with van der Waals surface area (Å²) in [5.74, 6) is -0.618. The number of hydrogen-bond donors (Lipinski definition) is 2. The van der Waals surface area contributed by atoms with Crippen LogP contribution in [-0.4, -0.2) is 25.1 Å². The van der Waals surface area contributed by atoms with E-state index in [0.717, 1.165) is 11.1 Å². The number of hydrazone groups is 1. The van der Waals surface area contributed by atoms with Gasteiger partial charge in [-0.3, -0.25) is 9.59 Å². The fraction of sp³-hybridized carbons (Fsp3) is 0.125. The highest BCUT2D eigenvalue weighted by Gasteiger charge is 2.13. The van der Waals surface area contributed by atoms with Crippen molar-refractivity contribution in [2.75, 3.05) is 12.4 Å². The van der Waals surface area contributed by atoms with Crippen molar-refractivity contribution in [1.82, 2.24) is 5.43 Å². The molecule has 8 heteroatoms. The lowest BCUT2D eigenvalue weighted by Gasteiger charge is -2.11. The number of benzene rings is 3. The minimum Gasteiger partial charge on any atom is -0.493 e. The summed E-state index contributed by atoms with van der Waals surface area (Å²) in [6.45, 7) is 2.19. The first-order valence-corrected chi connectivity index (χ1v) is 10.1. The molecule has 0 bridgehead atoms. The molecule has 7 nitrogen and oxygen atoms in total. The molecule has 3 aromatic carbocycles. The molecule has 0 fully saturated rings. The Morgan fingerprint density at radius 2 is 1.75 bits per heavy atom. The van der Waals surface area contributed by atoms with Crippen molar-refractivity contribution in [3.05, 3.63) is 88.4 Å². The van der Waals surface area contributed by atoms with Gasteiger partial charge in [0.15, 0.2) is 11.5 Å². The predicted octanol–water partition coefficient (Wildman–Crippen LogP) is 4.32. The van der Waals surface area contributed by atoms with E-state index >= 15 is 0 Å². The molecule has 0 saturated heterocycles. The third-order valence-electron chi connectivity index (χ3n) is 4.47. The maximum absolute atomic E-state index is 12.0. The molecule has 32 heavy (non-hydrogen) atoms. The number of anilines is 1. The summed E-state index contributed by atoms with van der Waals surface area (Å²) in [6, 6.07) is 19.7. The Hall–Kier alpha value is -3.84. The number of rotatable bonds is 7. The molecule has 2 amide bonds. The van der Waals surface area contributed by atoms with Crippen LogP contribution in [0.5, 0.6) is 11.5 Å². The van der Waals surface area contributed by atoms with E-state index in [2.05, 4.69) is 15.8 Å². The largest absolute Gasteiger partial charge is 0.493 e. The van der Waals surface area contributed by atoms with Crippen LogP contribution in [0.4, 0.5) is 5.69 Å². The van der Waals surface area contributed by atoms with Gasteiger partial charge in [-0.1, -0.05) is 41.9 Å². The summed E-state index contributed by atoms with van der Waals surface area (Å²) in [6.07, 6.45) is 1.41. The Morgan fingerprint density at radius 3 is 2.47 bits per heavy atom. The molecule has 0 aliphatic heterocycles. The zero-order chi connectivity index (χ0) is 22.9. The van der Waals surface area contributed by atoms with Gasteiger partial charge in [-0.25, -0.2) is 5.43 Å². The zero-order valence-corrected chi connectivity index (χ0v) is 18.3. The van der Waals surface area contributed by atoms with Gasteiger partial charge in [-0.15, -0.1) is 0 Å². The van der Waals surface area contributed by atoms with Gasteiger partial charge in [-0.2, -0.15) is 5.10 Å². The second kappa shape index (κ2) is 11.0. The van der Waals surface area contributed by atoms with Crippen LogP contribution in [-0.2, 0) is 16.2 Å². The van der Waals surface area contributed by atoms with Crippen LogP contribution < -0.4 is 20.2 Å². The molecule has 0 aromatic heterocycles. The van der Waals surface area contributed by atoms with Gasteiger partial charge in [0.05, 0.1) is 13.3 Å². The van der Waals surface area contributed by atoms with E-state index in [0.29, 0.717) is 34.4 Å². The van der Waals surface area contributed by atoms with Crippen molar-refractivity contribution < 1.29 is 19.1 Å². The fourth-order valence-corrected chi connectivity index (χ4v) is 2.86. The monoisotopic (exact) mass is 451 g/mol. The summed E-state index contributed by atoms with van der Waals surface area (Å²) >= 11 is 5.89. The summed E-state index contributed by atoms with van der Waals surface area (Å²) < 4.78 is 11.2. The van der Waals surface area contributed by atoms with Crippen LogP contribution in [0.15, 0.2) is 71.8 Å². The second-order valence-electron chi connectivity index (χ2n) is 6.79. The highest BCUT2D eigenvalue weighted by atomic mass is 35.5. The number of nitrogens with one attached hydrogen (secondary N) is 2. The van der Waals surface area contributed by atoms with Crippen LogP contribution in [0, 0.1) is 6.92 Å². The number of ether oxygens (including phenoxy) is 2. The molecule has 0 spiro atoms. The Morgan fingerprint density at radius 1 is 1.00 bits per heavy atom. The standard InChI is InChI=1S/C24H22ClN3O4/c1-16-5-3-4-6-20(16)27-23(29)24(30)28-26-14-18-9-12-21(22(13-18)31-2)32-15-17-7-10-19(25)11-8-17/h3-14H,15H2,1-2H3,(H,27,29)(H,28,30)/b26-14+. The predicted molar refractivity (Wildman–Crippen MR) is 124 cm³/mol. The Balaban J connectivity index is 1.57. The third-order valence-corrected chi connectivity index (χ3v) is 4.73. The Kier molecular flexibility index (Phi) is 7.83. The first-order valence-electron chi connectivity index (χ1n) is 9.71. The molecule has 0 saturated carbocycles. The van der Waals surface area contributed by atoms with E-state index in [1.807, 2.05) is 31.2 Å². The van der Waals surface area contributed by atoms with Gasteiger partial charge in [-0.05, 0) is 60.0 Å².